The van der Waals surface area contributed by atoms with Crippen molar-refractivity contribution in [3.8, 4) is 0 Å². The van der Waals surface area contributed by atoms with Gasteiger partial charge in [-0.1, -0.05) is 27.7 Å². The number of aliphatic hydroxyl groups excluding tert-OH is 1. The average molecular weight is 294 g/mol. The summed E-state index contributed by atoms with van der Waals surface area (Å²) in [5.74, 6) is -0.0283. The molecular formula is C15H26N4O2. The number of hydrogen-bond acceptors (Lipinski definition) is 4. The highest BCUT2D eigenvalue weighted by atomic mass is 16.3. The lowest BCUT2D eigenvalue weighted by Crippen LogP contribution is -2.43. The summed E-state index contributed by atoms with van der Waals surface area (Å²) in [4.78, 5) is 12.3. The fraction of sp³-hybridized carbons (Fsp3) is 0.733. The number of aromatic nitrogens is 2. The van der Waals surface area contributed by atoms with Gasteiger partial charge in [0, 0.05) is 42.7 Å². The van der Waals surface area contributed by atoms with Gasteiger partial charge in [-0.05, 0) is 5.92 Å². The molecule has 0 aliphatic carbocycles. The molecular weight excluding hydrogens is 268 g/mol. The first kappa shape index (κ1) is 16.0. The zero-order valence-corrected chi connectivity index (χ0v) is 13.3. The lowest BCUT2D eigenvalue weighted by Gasteiger charge is -2.33. The highest BCUT2D eigenvalue weighted by Crippen LogP contribution is 2.25. The van der Waals surface area contributed by atoms with Crippen LogP contribution in [-0.4, -0.2) is 40.4 Å². The molecule has 1 unspecified atom stereocenters. The zero-order valence-electron chi connectivity index (χ0n) is 13.3. The molecule has 0 fully saturated rings. The van der Waals surface area contributed by atoms with Gasteiger partial charge in [0.25, 0.3) is 5.91 Å². The van der Waals surface area contributed by atoms with Crippen LogP contribution in [0.4, 0.5) is 0 Å². The molecule has 6 nitrogen and oxygen atoms in total. The van der Waals surface area contributed by atoms with Crippen LogP contribution in [-0.2, 0) is 13.0 Å². The second-order valence-corrected chi connectivity index (χ2v) is 6.82. The summed E-state index contributed by atoms with van der Waals surface area (Å²) in [5.41, 5.74) is 2.09. The van der Waals surface area contributed by atoms with Crippen LogP contribution in [0.5, 0.6) is 0 Å². The van der Waals surface area contributed by atoms with Crippen molar-refractivity contribution in [2.75, 3.05) is 13.1 Å². The molecule has 4 N–H and O–H groups in total. The van der Waals surface area contributed by atoms with Crippen molar-refractivity contribution in [2.24, 2.45) is 11.3 Å². The number of carbonyl (C=O) groups excluding carboxylic acids is 1. The van der Waals surface area contributed by atoms with Crippen molar-refractivity contribution >= 4 is 5.91 Å². The van der Waals surface area contributed by atoms with Crippen LogP contribution in [0.1, 0.15) is 49.4 Å². The predicted molar refractivity (Wildman–Crippen MR) is 81.0 cm³/mol. The number of nitrogens with zero attached hydrogens (tertiary/aromatic N) is 1. The smallest absolute Gasteiger partial charge is 0.272 e. The zero-order chi connectivity index (χ0) is 15.6. The van der Waals surface area contributed by atoms with Crippen LogP contribution in [0.25, 0.3) is 0 Å². The van der Waals surface area contributed by atoms with Crippen LogP contribution in [0.2, 0.25) is 0 Å². The van der Waals surface area contributed by atoms with E-state index in [2.05, 4.69) is 20.8 Å². The van der Waals surface area contributed by atoms with E-state index in [1.54, 1.807) is 0 Å². The second-order valence-electron chi connectivity index (χ2n) is 6.82. The minimum atomic E-state index is -0.465. The molecule has 0 radical (unpaired) electrons. The van der Waals surface area contributed by atoms with Crippen LogP contribution in [0.15, 0.2) is 0 Å². The first-order valence-corrected chi connectivity index (χ1v) is 7.56. The molecule has 2 heterocycles. The molecule has 1 atom stereocenters. The Balaban J connectivity index is 2.01. The number of rotatable bonds is 5. The molecule has 1 aromatic heterocycles. The van der Waals surface area contributed by atoms with Crippen molar-refractivity contribution in [2.45, 2.75) is 46.8 Å². The van der Waals surface area contributed by atoms with E-state index in [0.717, 1.165) is 24.2 Å². The van der Waals surface area contributed by atoms with Gasteiger partial charge in [0.05, 0.1) is 6.10 Å². The summed E-state index contributed by atoms with van der Waals surface area (Å²) in [6.07, 6.45) is 0.403. The average Bonchev–Trinajstić information content (AvgIpc) is 2.88. The lowest BCUT2D eigenvalue weighted by atomic mass is 9.80. The van der Waals surface area contributed by atoms with Crippen molar-refractivity contribution < 1.29 is 9.90 Å². The molecule has 0 saturated heterocycles. The molecule has 0 bridgehead atoms. The van der Waals surface area contributed by atoms with E-state index < -0.39 is 6.10 Å². The number of hydrogen-bond donors (Lipinski definition) is 4. The van der Waals surface area contributed by atoms with Crippen LogP contribution in [0.3, 0.4) is 0 Å². The Morgan fingerprint density at radius 1 is 1.48 bits per heavy atom. The molecule has 0 aromatic carbocycles. The lowest BCUT2D eigenvalue weighted by molar-refractivity contribution is 0.0138. The number of amides is 1. The number of nitrogens with one attached hydrogen (secondary N) is 3. The van der Waals surface area contributed by atoms with Gasteiger partial charge in [0.1, 0.15) is 0 Å². The minimum absolute atomic E-state index is 0.152. The van der Waals surface area contributed by atoms with Gasteiger partial charge in [-0.3, -0.25) is 9.89 Å². The fourth-order valence-electron chi connectivity index (χ4n) is 2.81. The van der Waals surface area contributed by atoms with E-state index in [1.165, 1.54) is 0 Å². The topological polar surface area (TPSA) is 90.0 Å². The minimum Gasteiger partial charge on any atom is -0.392 e. The predicted octanol–water partition coefficient (Wildman–Crippen LogP) is 0.828. The fourth-order valence-corrected chi connectivity index (χ4v) is 2.81. The first-order valence-electron chi connectivity index (χ1n) is 7.56. The highest BCUT2D eigenvalue weighted by Gasteiger charge is 2.31. The standard InChI is InChI=1S/C15H26N4O2/c1-9(2)13(20)15(3,4)8-17-14(21)12-10-7-16-6-5-11(10)18-19-12/h9,13,16,20H,5-8H2,1-4H3,(H,17,21)(H,18,19). The molecule has 1 amide bonds. The van der Waals surface area contributed by atoms with Crippen molar-refractivity contribution in [1.82, 2.24) is 20.8 Å². The monoisotopic (exact) mass is 294 g/mol. The van der Waals surface area contributed by atoms with Crippen LogP contribution in [0, 0.1) is 11.3 Å². The van der Waals surface area contributed by atoms with Gasteiger partial charge in [0.15, 0.2) is 5.69 Å². The van der Waals surface area contributed by atoms with Gasteiger partial charge in [-0.15, -0.1) is 0 Å². The maximum absolute atomic E-state index is 12.3. The number of fused-ring (bicyclic) bond motifs is 1. The Hall–Kier alpha value is -1.40. The van der Waals surface area contributed by atoms with Gasteiger partial charge in [0.2, 0.25) is 0 Å². The highest BCUT2D eigenvalue weighted by molar-refractivity contribution is 5.94. The Labute approximate surface area is 125 Å². The summed E-state index contributed by atoms with van der Waals surface area (Å²) >= 11 is 0. The molecule has 1 aromatic rings. The van der Waals surface area contributed by atoms with Crippen molar-refractivity contribution in [3.63, 3.8) is 0 Å². The summed E-state index contributed by atoms with van der Waals surface area (Å²) < 4.78 is 0. The SMILES string of the molecule is CC(C)C(O)C(C)(C)CNC(=O)c1n[nH]c2c1CNCC2. The van der Waals surface area contributed by atoms with Crippen LogP contribution < -0.4 is 10.6 Å². The third-order valence-corrected chi connectivity index (χ3v) is 4.16. The number of H-pyrrole nitrogens is 1. The molecule has 0 spiro atoms. The first-order chi connectivity index (χ1) is 9.83. The Morgan fingerprint density at radius 2 is 2.19 bits per heavy atom. The molecule has 1 aliphatic heterocycles. The molecule has 2 rings (SSSR count). The molecule has 6 heteroatoms. The third kappa shape index (κ3) is 3.44. The van der Waals surface area contributed by atoms with Crippen molar-refractivity contribution in [3.05, 3.63) is 17.0 Å². The maximum atomic E-state index is 12.3. The number of carbonyl (C=O) groups is 1. The van der Waals surface area contributed by atoms with Crippen LogP contribution >= 0.6 is 0 Å². The molecule has 118 valence electrons. The maximum Gasteiger partial charge on any atom is 0.272 e. The Kier molecular flexibility index (Phi) is 4.68. The van der Waals surface area contributed by atoms with Gasteiger partial charge in [-0.2, -0.15) is 5.10 Å². The normalized spacial score (nSPS) is 16.7. The third-order valence-electron chi connectivity index (χ3n) is 4.16. The number of aliphatic hydroxyl groups is 1. The molecule has 21 heavy (non-hydrogen) atoms. The Morgan fingerprint density at radius 3 is 2.86 bits per heavy atom. The largest absolute Gasteiger partial charge is 0.392 e. The van der Waals surface area contributed by atoms with E-state index >= 15 is 0 Å². The second kappa shape index (κ2) is 6.15. The summed E-state index contributed by atoms with van der Waals surface area (Å²) in [6.45, 7) is 9.86. The van der Waals surface area contributed by atoms with Gasteiger partial charge in [-0.25, -0.2) is 0 Å². The summed E-state index contributed by atoms with van der Waals surface area (Å²) in [6, 6.07) is 0. The Bertz CT molecular complexity index is 508. The summed E-state index contributed by atoms with van der Waals surface area (Å²) in [5, 5.41) is 23.4. The van der Waals surface area contributed by atoms with E-state index in [0.29, 0.717) is 18.8 Å². The van der Waals surface area contributed by atoms with Gasteiger partial charge < -0.3 is 15.7 Å². The molecule has 1 aliphatic rings. The van der Waals surface area contributed by atoms with E-state index in [-0.39, 0.29) is 17.2 Å². The van der Waals surface area contributed by atoms with E-state index in [4.69, 9.17) is 0 Å². The number of aromatic amines is 1. The van der Waals surface area contributed by atoms with E-state index in [1.807, 2.05) is 27.7 Å². The van der Waals surface area contributed by atoms with Crippen molar-refractivity contribution in [1.29, 1.82) is 0 Å². The quantitative estimate of drug-likeness (QED) is 0.647. The van der Waals surface area contributed by atoms with E-state index in [9.17, 15) is 9.90 Å². The summed E-state index contributed by atoms with van der Waals surface area (Å²) in [7, 11) is 0. The van der Waals surface area contributed by atoms with Gasteiger partial charge >= 0.3 is 0 Å². The molecule has 0 saturated carbocycles.